The maximum absolute atomic E-state index is 6.29. The number of hydrogen-bond acceptors (Lipinski definition) is 3. The first kappa shape index (κ1) is 15.0. The van der Waals surface area contributed by atoms with Crippen LogP contribution in [0, 0.1) is 13.8 Å². The summed E-state index contributed by atoms with van der Waals surface area (Å²) in [6, 6.07) is 6.12. The number of nitrogens with one attached hydrogen (secondary N) is 1. The number of aryl methyl sites for hydroxylation is 2. The Hall–Kier alpha value is -0.420. The van der Waals surface area contributed by atoms with Crippen LogP contribution in [0.3, 0.4) is 0 Å². The number of rotatable bonds is 4. The Morgan fingerprint density at radius 1 is 1.42 bits per heavy atom. The van der Waals surface area contributed by atoms with Gasteiger partial charge in [-0.2, -0.15) is 0 Å². The van der Waals surface area contributed by atoms with E-state index in [-0.39, 0.29) is 6.04 Å². The van der Waals surface area contributed by atoms with E-state index in [0.717, 1.165) is 32.2 Å². The number of likely N-dealkylation sites (N-methyl/N-ethyl adjacent to an activating group) is 1. The predicted molar refractivity (Wildman–Crippen MR) is 86.2 cm³/mol. The fraction of sp³-hybridized carbons (Fsp3) is 0.357. The molecule has 1 aromatic carbocycles. The summed E-state index contributed by atoms with van der Waals surface area (Å²) in [6.07, 6.45) is 0.853. The Labute approximate surface area is 131 Å². The average molecular weight is 360 g/mol. The molecular weight excluding hydrogens is 344 g/mol. The zero-order valence-corrected chi connectivity index (χ0v) is 14.3. The number of hydrogen-bond donors (Lipinski definition) is 1. The molecule has 0 bridgehead atoms. The van der Waals surface area contributed by atoms with E-state index < -0.39 is 0 Å². The molecule has 1 N–H and O–H groups in total. The molecular formula is C14H16BrClN2S. The van der Waals surface area contributed by atoms with E-state index in [2.05, 4.69) is 46.1 Å². The first-order valence-electron chi connectivity index (χ1n) is 6.06. The summed E-state index contributed by atoms with van der Waals surface area (Å²) in [5.74, 6) is 0. The van der Waals surface area contributed by atoms with Crippen LogP contribution in [-0.4, -0.2) is 12.0 Å². The van der Waals surface area contributed by atoms with Gasteiger partial charge in [-0.05, 0) is 44.7 Å². The zero-order valence-electron chi connectivity index (χ0n) is 11.1. The minimum atomic E-state index is 0.176. The molecule has 0 aliphatic rings. The molecule has 5 heteroatoms. The molecule has 0 amide bonds. The zero-order chi connectivity index (χ0) is 14.0. The summed E-state index contributed by atoms with van der Waals surface area (Å²) in [5.41, 5.74) is 2.22. The fourth-order valence-electron chi connectivity index (χ4n) is 1.95. The molecule has 1 unspecified atom stereocenters. The van der Waals surface area contributed by atoms with Crippen LogP contribution in [0.5, 0.6) is 0 Å². The van der Waals surface area contributed by atoms with Gasteiger partial charge in [0.05, 0.1) is 10.7 Å². The van der Waals surface area contributed by atoms with Gasteiger partial charge in [0.25, 0.3) is 0 Å². The van der Waals surface area contributed by atoms with E-state index in [1.807, 2.05) is 19.2 Å². The largest absolute Gasteiger partial charge is 0.313 e. The van der Waals surface area contributed by atoms with Gasteiger partial charge in [-0.1, -0.05) is 27.5 Å². The molecule has 0 fully saturated rings. The van der Waals surface area contributed by atoms with Crippen LogP contribution in [0.25, 0.3) is 0 Å². The van der Waals surface area contributed by atoms with Crippen molar-refractivity contribution in [2.45, 2.75) is 26.3 Å². The van der Waals surface area contributed by atoms with Gasteiger partial charge in [-0.3, -0.25) is 0 Å². The molecule has 0 aliphatic carbocycles. The molecule has 2 nitrogen and oxygen atoms in total. The van der Waals surface area contributed by atoms with Gasteiger partial charge >= 0.3 is 0 Å². The van der Waals surface area contributed by atoms with Crippen LogP contribution in [0.15, 0.2) is 22.7 Å². The topological polar surface area (TPSA) is 24.9 Å². The summed E-state index contributed by atoms with van der Waals surface area (Å²) in [4.78, 5) is 5.88. The molecule has 0 saturated carbocycles. The van der Waals surface area contributed by atoms with Crippen LogP contribution in [-0.2, 0) is 6.42 Å². The first-order chi connectivity index (χ1) is 9.01. The van der Waals surface area contributed by atoms with Gasteiger partial charge in [0.15, 0.2) is 0 Å². The Balaban J connectivity index is 2.27. The van der Waals surface area contributed by atoms with Crippen molar-refractivity contribution in [3.8, 4) is 0 Å². The minimum Gasteiger partial charge on any atom is -0.313 e. The van der Waals surface area contributed by atoms with Crippen LogP contribution in [0.4, 0.5) is 0 Å². The first-order valence-corrected chi connectivity index (χ1v) is 8.05. The smallest absolute Gasteiger partial charge is 0.0949 e. The van der Waals surface area contributed by atoms with Crippen LogP contribution < -0.4 is 5.32 Å². The van der Waals surface area contributed by atoms with Crippen LogP contribution in [0.1, 0.15) is 27.2 Å². The highest BCUT2D eigenvalue weighted by Crippen LogP contribution is 2.30. The molecule has 102 valence electrons. The number of benzene rings is 1. The van der Waals surface area contributed by atoms with E-state index >= 15 is 0 Å². The third-order valence-electron chi connectivity index (χ3n) is 3.13. The van der Waals surface area contributed by atoms with E-state index in [0.29, 0.717) is 0 Å². The molecule has 2 aromatic rings. The van der Waals surface area contributed by atoms with Crippen molar-refractivity contribution in [3.05, 3.63) is 48.8 Å². The molecule has 0 saturated heterocycles. The normalized spacial score (nSPS) is 12.7. The molecule has 1 heterocycles. The van der Waals surface area contributed by atoms with E-state index in [1.165, 1.54) is 4.88 Å². The number of aromatic nitrogens is 1. The van der Waals surface area contributed by atoms with Crippen molar-refractivity contribution >= 4 is 38.9 Å². The van der Waals surface area contributed by atoms with Crippen molar-refractivity contribution in [2.75, 3.05) is 7.05 Å². The molecule has 2 rings (SSSR count). The molecule has 0 radical (unpaired) electrons. The number of nitrogens with zero attached hydrogens (tertiary/aromatic N) is 1. The van der Waals surface area contributed by atoms with E-state index in [4.69, 9.17) is 11.6 Å². The third kappa shape index (κ3) is 3.57. The van der Waals surface area contributed by atoms with Crippen molar-refractivity contribution in [3.63, 3.8) is 0 Å². The Morgan fingerprint density at radius 2 is 2.16 bits per heavy atom. The fourth-order valence-corrected chi connectivity index (χ4v) is 3.56. The highest BCUT2D eigenvalue weighted by Gasteiger charge is 2.16. The number of thiazole rings is 1. The second-order valence-corrected chi connectivity index (χ2v) is 7.07. The molecule has 0 aliphatic heterocycles. The van der Waals surface area contributed by atoms with Crippen LogP contribution in [0.2, 0.25) is 5.02 Å². The Morgan fingerprint density at radius 3 is 2.74 bits per heavy atom. The Bertz CT molecular complexity index is 563. The van der Waals surface area contributed by atoms with Gasteiger partial charge < -0.3 is 5.32 Å². The van der Waals surface area contributed by atoms with Gasteiger partial charge in [-0.25, -0.2) is 4.98 Å². The standard InChI is InChI=1S/C14H16BrClN2S/c1-8-9(2)19-14(18-8)7-13(17-3)11-6-10(15)4-5-12(11)16/h4-6,13,17H,7H2,1-3H3. The maximum Gasteiger partial charge on any atom is 0.0949 e. The Kier molecular flexibility index (Phi) is 5.01. The van der Waals surface area contributed by atoms with Crippen molar-refractivity contribution in [1.29, 1.82) is 0 Å². The summed E-state index contributed by atoms with van der Waals surface area (Å²) >= 11 is 11.5. The molecule has 1 atom stereocenters. The van der Waals surface area contributed by atoms with Crippen LogP contribution >= 0.6 is 38.9 Å². The summed E-state index contributed by atoms with van der Waals surface area (Å²) in [5, 5.41) is 5.25. The van der Waals surface area contributed by atoms with Gasteiger partial charge in [0, 0.05) is 26.8 Å². The van der Waals surface area contributed by atoms with Crippen molar-refractivity contribution in [2.24, 2.45) is 0 Å². The minimum absolute atomic E-state index is 0.176. The highest BCUT2D eigenvalue weighted by atomic mass is 79.9. The lowest BCUT2D eigenvalue weighted by atomic mass is 10.0. The van der Waals surface area contributed by atoms with Gasteiger partial charge in [-0.15, -0.1) is 11.3 Å². The van der Waals surface area contributed by atoms with E-state index in [9.17, 15) is 0 Å². The van der Waals surface area contributed by atoms with Gasteiger partial charge in [0.1, 0.15) is 0 Å². The van der Waals surface area contributed by atoms with Crippen molar-refractivity contribution in [1.82, 2.24) is 10.3 Å². The second-order valence-electron chi connectivity index (χ2n) is 4.46. The lowest BCUT2D eigenvalue weighted by Gasteiger charge is -2.17. The second kappa shape index (κ2) is 6.35. The lowest BCUT2D eigenvalue weighted by molar-refractivity contribution is 0.590. The lowest BCUT2D eigenvalue weighted by Crippen LogP contribution is -2.19. The third-order valence-corrected chi connectivity index (χ3v) is 5.07. The van der Waals surface area contributed by atoms with E-state index in [1.54, 1.807) is 11.3 Å². The molecule has 1 aromatic heterocycles. The SMILES string of the molecule is CNC(Cc1nc(C)c(C)s1)c1cc(Br)ccc1Cl. The van der Waals surface area contributed by atoms with Crippen molar-refractivity contribution < 1.29 is 0 Å². The molecule has 0 spiro atoms. The highest BCUT2D eigenvalue weighted by molar-refractivity contribution is 9.10. The quantitative estimate of drug-likeness (QED) is 0.857. The predicted octanol–water partition coefficient (Wildman–Crippen LogP) is 4.68. The monoisotopic (exact) mass is 358 g/mol. The molecule has 19 heavy (non-hydrogen) atoms. The maximum atomic E-state index is 6.29. The summed E-state index contributed by atoms with van der Waals surface area (Å²) < 4.78 is 1.04. The summed E-state index contributed by atoms with van der Waals surface area (Å²) in [6.45, 7) is 4.16. The average Bonchev–Trinajstić information content (AvgIpc) is 2.69. The summed E-state index contributed by atoms with van der Waals surface area (Å²) in [7, 11) is 1.95. The van der Waals surface area contributed by atoms with Gasteiger partial charge in [0.2, 0.25) is 0 Å². The number of halogens is 2.